The second kappa shape index (κ2) is 7.15. The van der Waals surface area contributed by atoms with Crippen LogP contribution in [-0.4, -0.2) is 28.3 Å². The third-order valence-electron chi connectivity index (χ3n) is 5.50. The van der Waals surface area contributed by atoms with E-state index in [1.807, 2.05) is 36.4 Å². The third-order valence-corrected chi connectivity index (χ3v) is 6.00. The van der Waals surface area contributed by atoms with Gasteiger partial charge in [-0.2, -0.15) is 0 Å². The van der Waals surface area contributed by atoms with Crippen molar-refractivity contribution >= 4 is 38.9 Å². The number of nitrogens with zero attached hydrogens (tertiary/aromatic N) is 1. The molecule has 0 amide bonds. The zero-order valence-corrected chi connectivity index (χ0v) is 17.3. The van der Waals surface area contributed by atoms with Gasteiger partial charge in [0.05, 0.1) is 5.52 Å². The highest BCUT2D eigenvalue weighted by atomic mass is 79.9. The van der Waals surface area contributed by atoms with E-state index in [4.69, 9.17) is 4.74 Å². The van der Waals surface area contributed by atoms with Crippen LogP contribution >= 0.6 is 15.9 Å². The summed E-state index contributed by atoms with van der Waals surface area (Å²) >= 11 is 3.38. The average molecular weight is 462 g/mol. The second-order valence-corrected chi connectivity index (χ2v) is 8.09. The number of carboxylic acids is 1. The molecule has 5 rings (SSSR count). The highest BCUT2D eigenvalue weighted by molar-refractivity contribution is 9.10. The predicted octanol–water partition coefficient (Wildman–Crippen LogP) is 5.90. The minimum atomic E-state index is -1.18. The van der Waals surface area contributed by atoms with Gasteiger partial charge in [-0.15, -0.1) is 0 Å². The maximum absolute atomic E-state index is 13.0. The van der Waals surface area contributed by atoms with Crippen LogP contribution in [0.4, 0.5) is 4.79 Å². The molecule has 0 aliphatic heterocycles. The van der Waals surface area contributed by atoms with Gasteiger partial charge in [0.1, 0.15) is 12.3 Å². The zero-order valence-electron chi connectivity index (χ0n) is 15.7. The summed E-state index contributed by atoms with van der Waals surface area (Å²) in [5.41, 5.74) is 4.83. The first-order valence-corrected chi connectivity index (χ1v) is 10.2. The first-order chi connectivity index (χ1) is 14.5. The molecule has 5 nitrogen and oxygen atoms in total. The first-order valence-electron chi connectivity index (χ1n) is 9.44. The molecule has 30 heavy (non-hydrogen) atoms. The number of rotatable bonds is 3. The lowest BCUT2D eigenvalue weighted by molar-refractivity contribution is 0.0681. The van der Waals surface area contributed by atoms with E-state index < -0.39 is 12.1 Å². The number of aromatic carboxylic acids is 1. The third kappa shape index (κ3) is 2.92. The summed E-state index contributed by atoms with van der Waals surface area (Å²) < 4.78 is 7.54. The van der Waals surface area contributed by atoms with Gasteiger partial charge in [0.15, 0.2) is 0 Å². The summed E-state index contributed by atoms with van der Waals surface area (Å²) in [5.74, 6) is -1.28. The van der Waals surface area contributed by atoms with Crippen molar-refractivity contribution in [2.75, 3.05) is 6.61 Å². The predicted molar refractivity (Wildman–Crippen MR) is 117 cm³/mol. The fourth-order valence-corrected chi connectivity index (χ4v) is 4.54. The summed E-state index contributed by atoms with van der Waals surface area (Å²) in [7, 11) is 0. The van der Waals surface area contributed by atoms with Crippen LogP contribution in [-0.2, 0) is 4.74 Å². The van der Waals surface area contributed by atoms with Crippen molar-refractivity contribution in [3.8, 4) is 11.1 Å². The molecular weight excluding hydrogens is 446 g/mol. The molecule has 1 heterocycles. The summed E-state index contributed by atoms with van der Waals surface area (Å²) in [6.07, 6.45) is -0.706. The molecule has 0 unspecified atom stereocenters. The van der Waals surface area contributed by atoms with Crippen LogP contribution in [0.15, 0.2) is 77.3 Å². The number of carbonyl (C=O) groups excluding carboxylic acids is 1. The lowest BCUT2D eigenvalue weighted by Crippen LogP contribution is -2.21. The molecule has 1 aliphatic rings. The quantitative estimate of drug-likeness (QED) is 0.412. The maximum atomic E-state index is 13.0. The van der Waals surface area contributed by atoms with E-state index in [2.05, 4.69) is 28.1 Å². The number of carbonyl (C=O) groups is 2. The van der Waals surface area contributed by atoms with Crippen molar-refractivity contribution in [3.05, 3.63) is 94.1 Å². The Kier molecular flexibility index (Phi) is 4.44. The number of aromatic nitrogens is 1. The largest absolute Gasteiger partial charge is 0.477 e. The minimum Gasteiger partial charge on any atom is -0.477 e. The fraction of sp³-hybridized carbons (Fsp3) is 0.0833. The summed E-state index contributed by atoms with van der Waals surface area (Å²) in [6, 6.07) is 22.9. The molecule has 0 spiro atoms. The van der Waals surface area contributed by atoms with Crippen molar-refractivity contribution in [1.82, 2.24) is 4.57 Å². The molecule has 0 fully saturated rings. The lowest BCUT2D eigenvalue weighted by atomic mass is 9.98. The van der Waals surface area contributed by atoms with Crippen LogP contribution < -0.4 is 0 Å². The second-order valence-electron chi connectivity index (χ2n) is 7.18. The van der Waals surface area contributed by atoms with E-state index in [1.54, 1.807) is 18.2 Å². The molecule has 0 radical (unpaired) electrons. The number of carboxylic acid groups (broad SMARTS) is 1. The Bertz CT molecular complexity index is 1280. The molecule has 1 aromatic heterocycles. The Morgan fingerprint density at radius 2 is 1.57 bits per heavy atom. The molecule has 148 valence electrons. The Hall–Kier alpha value is -3.38. The van der Waals surface area contributed by atoms with Crippen LogP contribution in [0.25, 0.3) is 22.0 Å². The molecule has 4 aromatic rings. The van der Waals surface area contributed by atoms with E-state index in [1.165, 1.54) is 6.07 Å². The van der Waals surface area contributed by atoms with Gasteiger partial charge in [-0.05, 0) is 40.5 Å². The number of hydrogen-bond acceptors (Lipinski definition) is 3. The lowest BCUT2D eigenvalue weighted by Gasteiger charge is -2.15. The van der Waals surface area contributed by atoms with Gasteiger partial charge in [0, 0.05) is 15.8 Å². The SMILES string of the molecule is O=C(O)c1cc2ccc(Br)cc2n1C(=O)OCC1c2ccccc2-c2ccccc21. The number of halogens is 1. The molecule has 0 bridgehead atoms. The van der Waals surface area contributed by atoms with Crippen molar-refractivity contribution in [1.29, 1.82) is 0 Å². The molecule has 1 aliphatic carbocycles. The molecule has 0 atom stereocenters. The molecule has 1 N–H and O–H groups in total. The van der Waals surface area contributed by atoms with Crippen molar-refractivity contribution < 1.29 is 19.4 Å². The smallest absolute Gasteiger partial charge is 0.419 e. The van der Waals surface area contributed by atoms with E-state index in [-0.39, 0.29) is 18.2 Å². The van der Waals surface area contributed by atoms with Gasteiger partial charge in [-0.25, -0.2) is 14.2 Å². The van der Waals surface area contributed by atoms with Crippen molar-refractivity contribution in [3.63, 3.8) is 0 Å². The average Bonchev–Trinajstić information content (AvgIpc) is 3.28. The number of fused-ring (bicyclic) bond motifs is 4. The van der Waals surface area contributed by atoms with Crippen molar-refractivity contribution in [2.24, 2.45) is 0 Å². The van der Waals surface area contributed by atoms with Crippen LogP contribution in [0.2, 0.25) is 0 Å². The van der Waals surface area contributed by atoms with E-state index in [0.717, 1.165) is 31.3 Å². The van der Waals surface area contributed by atoms with Crippen LogP contribution in [0, 0.1) is 0 Å². The van der Waals surface area contributed by atoms with Gasteiger partial charge in [0.25, 0.3) is 0 Å². The number of benzene rings is 3. The minimum absolute atomic E-state index is 0.0943. The monoisotopic (exact) mass is 461 g/mol. The van der Waals surface area contributed by atoms with Gasteiger partial charge in [-0.1, -0.05) is 70.5 Å². The molecular formula is C24H16BrNO4. The Balaban J connectivity index is 1.50. The summed E-state index contributed by atoms with van der Waals surface area (Å²) in [6.45, 7) is 0.125. The number of hydrogen-bond donors (Lipinski definition) is 1. The summed E-state index contributed by atoms with van der Waals surface area (Å²) in [4.78, 5) is 24.7. The Morgan fingerprint density at radius 3 is 2.20 bits per heavy atom. The topological polar surface area (TPSA) is 68.5 Å². The number of ether oxygens (including phenoxy) is 1. The van der Waals surface area contributed by atoms with Crippen LogP contribution in [0.3, 0.4) is 0 Å². The van der Waals surface area contributed by atoms with Gasteiger partial charge < -0.3 is 9.84 Å². The zero-order chi connectivity index (χ0) is 20.8. The molecule has 6 heteroatoms. The highest BCUT2D eigenvalue weighted by Gasteiger charge is 2.30. The Morgan fingerprint density at radius 1 is 0.933 bits per heavy atom. The Labute approximate surface area is 180 Å². The van der Waals surface area contributed by atoms with E-state index in [9.17, 15) is 14.7 Å². The van der Waals surface area contributed by atoms with Gasteiger partial charge >= 0.3 is 12.1 Å². The molecule has 0 saturated carbocycles. The standard InChI is InChI=1S/C24H16BrNO4/c25-15-10-9-14-11-22(23(27)28)26(21(14)12-15)24(29)30-13-20-18-7-3-1-5-16(18)17-6-2-4-8-19(17)20/h1-12,20H,13H2,(H,27,28). The summed E-state index contributed by atoms with van der Waals surface area (Å²) in [5, 5.41) is 10.2. The first kappa shape index (κ1) is 18.6. The normalized spacial score (nSPS) is 12.6. The van der Waals surface area contributed by atoms with Gasteiger partial charge in [-0.3, -0.25) is 0 Å². The molecule has 0 saturated heterocycles. The van der Waals surface area contributed by atoms with Crippen LogP contribution in [0.1, 0.15) is 27.5 Å². The van der Waals surface area contributed by atoms with Crippen molar-refractivity contribution in [2.45, 2.75) is 5.92 Å². The van der Waals surface area contributed by atoms with Gasteiger partial charge in [0.2, 0.25) is 0 Å². The van der Waals surface area contributed by atoms with E-state index in [0.29, 0.717) is 10.9 Å². The van der Waals surface area contributed by atoms with Crippen LogP contribution in [0.5, 0.6) is 0 Å². The fourth-order valence-electron chi connectivity index (χ4n) is 4.19. The maximum Gasteiger partial charge on any atom is 0.419 e. The molecule has 3 aromatic carbocycles. The van der Waals surface area contributed by atoms with E-state index >= 15 is 0 Å². The highest BCUT2D eigenvalue weighted by Crippen LogP contribution is 2.44.